The van der Waals surface area contributed by atoms with E-state index in [2.05, 4.69) is 5.32 Å². The maximum Gasteiger partial charge on any atom is 0.338 e. The smallest absolute Gasteiger partial charge is 0.338 e. The van der Waals surface area contributed by atoms with Crippen molar-refractivity contribution < 1.29 is 31.9 Å². The van der Waals surface area contributed by atoms with Crippen molar-refractivity contribution in [3.63, 3.8) is 0 Å². The van der Waals surface area contributed by atoms with Gasteiger partial charge in [0.05, 0.1) is 21.0 Å². The summed E-state index contributed by atoms with van der Waals surface area (Å²) in [5.41, 5.74) is -0.310. The molecule has 0 radical (unpaired) electrons. The Balaban J connectivity index is 1.52. The monoisotopic (exact) mass is 473 g/mol. The molecule has 7 nitrogen and oxygen atoms in total. The largest absolute Gasteiger partial charge is 0.452 e. The van der Waals surface area contributed by atoms with Gasteiger partial charge in [0.2, 0.25) is 9.84 Å². The number of carbonyl (C=O) groups is 3. The highest BCUT2D eigenvalue weighted by Crippen LogP contribution is 2.34. The molecule has 3 aromatic rings. The van der Waals surface area contributed by atoms with Gasteiger partial charge >= 0.3 is 5.97 Å². The molecular weight excluding hydrogens is 461 g/mol. The standard InChI is InChI=1S/C22H13ClFNO6S/c23-13-6-8-17(16(24)10-13)25-20(26)11-31-22(28)12-5-7-15-19(9-12)32(29,30)18-4-2-1-3-14(18)21(15)27/h1-10H,11H2,(H,25,26). The second-order valence-corrected chi connectivity index (χ2v) is 9.11. The number of nitrogens with one attached hydrogen (secondary N) is 1. The molecule has 3 aromatic carbocycles. The third-order valence-corrected chi connectivity index (χ3v) is 6.80. The molecule has 0 saturated heterocycles. The highest BCUT2D eigenvalue weighted by atomic mass is 35.5. The fourth-order valence-electron chi connectivity index (χ4n) is 3.20. The average molecular weight is 474 g/mol. The number of carbonyl (C=O) groups excluding carboxylic acids is 3. The zero-order valence-corrected chi connectivity index (χ0v) is 17.7. The number of halogens is 2. The molecule has 0 aliphatic carbocycles. The lowest BCUT2D eigenvalue weighted by molar-refractivity contribution is -0.119. The van der Waals surface area contributed by atoms with E-state index in [-0.39, 0.29) is 37.2 Å². The van der Waals surface area contributed by atoms with Crippen molar-refractivity contribution in [3.05, 3.63) is 88.2 Å². The predicted molar refractivity (Wildman–Crippen MR) is 112 cm³/mol. The normalized spacial score (nSPS) is 13.6. The van der Waals surface area contributed by atoms with Crippen LogP contribution in [-0.4, -0.2) is 32.7 Å². The molecule has 32 heavy (non-hydrogen) atoms. The molecule has 1 heterocycles. The highest BCUT2D eigenvalue weighted by Gasteiger charge is 2.35. The van der Waals surface area contributed by atoms with Gasteiger partial charge in [-0.2, -0.15) is 0 Å². The first-order valence-corrected chi connectivity index (χ1v) is 11.0. The van der Waals surface area contributed by atoms with Crippen LogP contribution in [0.3, 0.4) is 0 Å². The quantitative estimate of drug-likeness (QED) is 0.453. The Labute approximate surface area is 186 Å². The summed E-state index contributed by atoms with van der Waals surface area (Å²) in [5.74, 6) is -3.04. The summed E-state index contributed by atoms with van der Waals surface area (Å²) in [6, 6.07) is 12.9. The minimum Gasteiger partial charge on any atom is -0.452 e. The van der Waals surface area contributed by atoms with E-state index >= 15 is 0 Å². The SMILES string of the molecule is O=C(COC(=O)c1ccc2c(c1)S(=O)(=O)c1ccccc1C2=O)Nc1ccc(Cl)cc1F. The molecule has 4 rings (SSSR count). The maximum absolute atomic E-state index is 13.8. The second kappa shape index (κ2) is 8.18. The molecule has 10 heteroatoms. The summed E-state index contributed by atoms with van der Waals surface area (Å²) in [7, 11) is -4.03. The van der Waals surface area contributed by atoms with Crippen LogP contribution in [0.2, 0.25) is 5.02 Å². The van der Waals surface area contributed by atoms with Gasteiger partial charge in [-0.1, -0.05) is 23.7 Å². The number of ketones is 1. The number of hydrogen-bond donors (Lipinski definition) is 1. The first kappa shape index (κ1) is 21.7. The van der Waals surface area contributed by atoms with Crippen LogP contribution in [0.1, 0.15) is 26.3 Å². The van der Waals surface area contributed by atoms with Crippen LogP contribution < -0.4 is 5.32 Å². The predicted octanol–water partition coefficient (Wildman–Crippen LogP) is 3.65. The van der Waals surface area contributed by atoms with Crippen LogP contribution in [-0.2, 0) is 19.4 Å². The number of anilines is 1. The maximum atomic E-state index is 13.8. The van der Waals surface area contributed by atoms with Gasteiger partial charge in [0.1, 0.15) is 5.82 Å². The van der Waals surface area contributed by atoms with E-state index < -0.39 is 39.9 Å². The van der Waals surface area contributed by atoms with E-state index in [9.17, 15) is 27.2 Å². The molecule has 1 aliphatic heterocycles. The Bertz CT molecular complexity index is 1400. The van der Waals surface area contributed by atoms with Crippen LogP contribution in [0.25, 0.3) is 0 Å². The van der Waals surface area contributed by atoms with Crippen LogP contribution in [0.4, 0.5) is 10.1 Å². The molecule has 1 N–H and O–H groups in total. The molecule has 0 unspecified atom stereocenters. The van der Waals surface area contributed by atoms with Crippen molar-refractivity contribution in [2.75, 3.05) is 11.9 Å². The number of amides is 1. The zero-order valence-electron chi connectivity index (χ0n) is 16.1. The van der Waals surface area contributed by atoms with Crippen molar-refractivity contribution >= 4 is 44.8 Å². The Morgan fingerprint density at radius 3 is 2.44 bits per heavy atom. The van der Waals surface area contributed by atoms with Gasteiger partial charge in [0.15, 0.2) is 12.4 Å². The lowest BCUT2D eigenvalue weighted by atomic mass is 10.0. The molecule has 0 aromatic heterocycles. The fraction of sp³-hybridized carbons (Fsp3) is 0.0455. The van der Waals surface area contributed by atoms with Crippen molar-refractivity contribution in [1.82, 2.24) is 0 Å². The van der Waals surface area contributed by atoms with Crippen LogP contribution >= 0.6 is 11.6 Å². The molecule has 0 spiro atoms. The van der Waals surface area contributed by atoms with Crippen molar-refractivity contribution in [2.24, 2.45) is 0 Å². The lowest BCUT2D eigenvalue weighted by Gasteiger charge is -2.19. The van der Waals surface area contributed by atoms with E-state index in [1.54, 1.807) is 6.07 Å². The van der Waals surface area contributed by atoms with E-state index in [1.165, 1.54) is 42.5 Å². The molecule has 1 amide bonds. The van der Waals surface area contributed by atoms with Gasteiger partial charge in [-0.15, -0.1) is 0 Å². The Hall–Kier alpha value is -3.56. The number of hydrogen-bond acceptors (Lipinski definition) is 6. The van der Waals surface area contributed by atoms with E-state index in [0.717, 1.165) is 12.1 Å². The Morgan fingerprint density at radius 1 is 0.969 bits per heavy atom. The van der Waals surface area contributed by atoms with Gasteiger partial charge in [-0.3, -0.25) is 9.59 Å². The third-order valence-electron chi connectivity index (χ3n) is 4.71. The van der Waals surface area contributed by atoms with Gasteiger partial charge in [0, 0.05) is 16.1 Å². The minimum atomic E-state index is -4.03. The summed E-state index contributed by atoms with van der Waals surface area (Å²) in [6.45, 7) is -0.744. The third kappa shape index (κ3) is 3.88. The van der Waals surface area contributed by atoms with E-state index in [0.29, 0.717) is 0 Å². The molecule has 162 valence electrons. The molecule has 0 bridgehead atoms. The highest BCUT2D eigenvalue weighted by molar-refractivity contribution is 7.91. The summed E-state index contributed by atoms with van der Waals surface area (Å²) in [5, 5.41) is 2.38. The second-order valence-electron chi connectivity index (χ2n) is 6.79. The Morgan fingerprint density at radius 2 is 1.69 bits per heavy atom. The number of rotatable bonds is 4. The minimum absolute atomic E-state index is 0.0569. The topological polar surface area (TPSA) is 107 Å². The zero-order chi connectivity index (χ0) is 23.0. The number of fused-ring (bicyclic) bond motifs is 2. The van der Waals surface area contributed by atoms with Crippen LogP contribution in [0.5, 0.6) is 0 Å². The van der Waals surface area contributed by atoms with Crippen LogP contribution in [0.15, 0.2) is 70.5 Å². The Kier molecular flexibility index (Phi) is 5.53. The summed E-state index contributed by atoms with van der Waals surface area (Å²) in [6.07, 6.45) is 0. The fourth-order valence-corrected chi connectivity index (χ4v) is 5.04. The van der Waals surface area contributed by atoms with Gasteiger partial charge < -0.3 is 10.1 Å². The van der Waals surface area contributed by atoms with E-state index in [4.69, 9.17) is 16.3 Å². The summed E-state index contributed by atoms with van der Waals surface area (Å²) >= 11 is 5.65. The molecule has 0 saturated carbocycles. The summed E-state index contributed by atoms with van der Waals surface area (Å²) in [4.78, 5) is 36.5. The number of benzene rings is 3. The summed E-state index contributed by atoms with van der Waals surface area (Å²) < 4.78 is 44.5. The van der Waals surface area contributed by atoms with Crippen molar-refractivity contribution in [1.29, 1.82) is 0 Å². The van der Waals surface area contributed by atoms with Crippen molar-refractivity contribution in [3.8, 4) is 0 Å². The van der Waals surface area contributed by atoms with Gasteiger partial charge in [-0.25, -0.2) is 17.6 Å². The van der Waals surface area contributed by atoms with E-state index in [1.807, 2.05) is 0 Å². The van der Waals surface area contributed by atoms with Gasteiger partial charge in [0.25, 0.3) is 5.91 Å². The molecule has 1 aliphatic rings. The molecular formula is C22H13ClFNO6S. The first-order valence-electron chi connectivity index (χ1n) is 9.13. The van der Waals surface area contributed by atoms with Gasteiger partial charge in [-0.05, 0) is 48.5 Å². The number of sulfone groups is 1. The first-order chi connectivity index (χ1) is 15.2. The number of ether oxygens (including phenoxy) is 1. The van der Waals surface area contributed by atoms with Crippen molar-refractivity contribution in [2.45, 2.75) is 9.79 Å². The molecule has 0 atom stereocenters. The van der Waals surface area contributed by atoms with Crippen LogP contribution in [0, 0.1) is 5.82 Å². The number of esters is 1. The lowest BCUT2D eigenvalue weighted by Crippen LogP contribution is -2.23. The molecule has 0 fully saturated rings. The average Bonchev–Trinajstić information content (AvgIpc) is 2.77.